The number of sulfonamides is 1. The summed E-state index contributed by atoms with van der Waals surface area (Å²) in [5, 5.41) is 6.55. The minimum absolute atomic E-state index is 0.0300. The van der Waals surface area contributed by atoms with E-state index < -0.39 is 10.0 Å². The van der Waals surface area contributed by atoms with Crippen molar-refractivity contribution in [3.05, 3.63) is 11.8 Å². The molecule has 0 aromatic carbocycles. The maximum Gasteiger partial charge on any atom is 0.227 e. The maximum atomic E-state index is 12.0. The SMILES string of the molecule is CC(C)NS(=O)(=O)CCNc1nc(N2CCNCC2)ncc1C1CC1. The lowest BCUT2D eigenvalue weighted by atomic mass is 10.2. The zero-order valence-corrected chi connectivity index (χ0v) is 15.8. The van der Waals surface area contributed by atoms with E-state index >= 15 is 0 Å². The molecule has 1 aliphatic heterocycles. The van der Waals surface area contributed by atoms with E-state index in [1.54, 1.807) is 0 Å². The smallest absolute Gasteiger partial charge is 0.227 e. The highest BCUT2D eigenvalue weighted by atomic mass is 32.2. The molecule has 2 fully saturated rings. The molecule has 1 aromatic heterocycles. The first-order valence-electron chi connectivity index (χ1n) is 9.01. The Bertz CT molecular complexity index is 684. The first kappa shape index (κ1) is 18.3. The average Bonchev–Trinajstić information content (AvgIpc) is 3.39. The molecule has 2 heterocycles. The Morgan fingerprint density at radius 2 is 2.04 bits per heavy atom. The normalized spacial score (nSPS) is 18.6. The van der Waals surface area contributed by atoms with Crippen molar-refractivity contribution in [2.75, 3.05) is 48.7 Å². The number of rotatable bonds is 8. The van der Waals surface area contributed by atoms with Crippen LogP contribution in [0.15, 0.2) is 6.20 Å². The van der Waals surface area contributed by atoms with E-state index in [2.05, 4.69) is 25.2 Å². The second kappa shape index (κ2) is 7.84. The van der Waals surface area contributed by atoms with Crippen molar-refractivity contribution in [1.82, 2.24) is 20.0 Å². The number of piperazine rings is 1. The van der Waals surface area contributed by atoms with Gasteiger partial charge in [0.25, 0.3) is 0 Å². The van der Waals surface area contributed by atoms with Crippen LogP contribution in [0.2, 0.25) is 0 Å². The van der Waals surface area contributed by atoms with Gasteiger partial charge in [0.15, 0.2) is 0 Å². The fourth-order valence-corrected chi connectivity index (χ4v) is 4.16. The fourth-order valence-electron chi connectivity index (χ4n) is 2.96. The molecule has 0 spiro atoms. The Morgan fingerprint density at radius 1 is 1.32 bits per heavy atom. The Labute approximate surface area is 149 Å². The Balaban J connectivity index is 1.67. The molecule has 0 amide bonds. The molecule has 8 nitrogen and oxygen atoms in total. The number of nitrogens with one attached hydrogen (secondary N) is 3. The van der Waals surface area contributed by atoms with Crippen LogP contribution in [-0.4, -0.2) is 62.9 Å². The second-order valence-corrected chi connectivity index (χ2v) is 8.88. The summed E-state index contributed by atoms with van der Waals surface area (Å²) in [6.45, 7) is 7.59. The van der Waals surface area contributed by atoms with Crippen LogP contribution in [0.4, 0.5) is 11.8 Å². The van der Waals surface area contributed by atoms with E-state index in [9.17, 15) is 8.42 Å². The first-order valence-corrected chi connectivity index (χ1v) is 10.7. The molecule has 0 bridgehead atoms. The van der Waals surface area contributed by atoms with E-state index in [0.29, 0.717) is 12.5 Å². The third kappa shape index (κ3) is 5.26. The van der Waals surface area contributed by atoms with Crippen LogP contribution in [-0.2, 0) is 10.0 Å². The van der Waals surface area contributed by atoms with E-state index in [0.717, 1.165) is 56.4 Å². The van der Waals surface area contributed by atoms with Gasteiger partial charge in [-0.1, -0.05) is 0 Å². The average molecular weight is 369 g/mol. The number of nitrogens with zero attached hydrogens (tertiary/aromatic N) is 3. The quantitative estimate of drug-likeness (QED) is 0.614. The van der Waals surface area contributed by atoms with Crippen molar-refractivity contribution in [1.29, 1.82) is 0 Å². The lowest BCUT2D eigenvalue weighted by Crippen LogP contribution is -2.44. The van der Waals surface area contributed by atoms with Crippen molar-refractivity contribution in [2.24, 2.45) is 0 Å². The van der Waals surface area contributed by atoms with Gasteiger partial charge in [0.1, 0.15) is 5.82 Å². The first-order chi connectivity index (χ1) is 11.9. The minimum Gasteiger partial charge on any atom is -0.369 e. The van der Waals surface area contributed by atoms with E-state index in [-0.39, 0.29) is 11.8 Å². The Morgan fingerprint density at radius 3 is 2.68 bits per heavy atom. The molecule has 2 aliphatic rings. The van der Waals surface area contributed by atoms with Gasteiger partial charge in [-0.25, -0.2) is 18.1 Å². The maximum absolute atomic E-state index is 12.0. The van der Waals surface area contributed by atoms with Crippen LogP contribution in [0.5, 0.6) is 0 Å². The highest BCUT2D eigenvalue weighted by molar-refractivity contribution is 7.89. The monoisotopic (exact) mass is 368 g/mol. The summed E-state index contributed by atoms with van der Waals surface area (Å²) in [5.74, 6) is 2.04. The van der Waals surface area contributed by atoms with Gasteiger partial charge in [-0.2, -0.15) is 4.98 Å². The highest BCUT2D eigenvalue weighted by Crippen LogP contribution is 2.42. The molecule has 1 aliphatic carbocycles. The van der Waals surface area contributed by atoms with Gasteiger partial charge < -0.3 is 15.5 Å². The largest absolute Gasteiger partial charge is 0.369 e. The molecule has 3 N–H and O–H groups in total. The van der Waals surface area contributed by atoms with Crippen LogP contribution in [0.1, 0.15) is 38.2 Å². The molecule has 1 saturated carbocycles. The molecule has 0 unspecified atom stereocenters. The topological polar surface area (TPSA) is 99.2 Å². The summed E-state index contributed by atoms with van der Waals surface area (Å²) in [4.78, 5) is 11.4. The number of aromatic nitrogens is 2. The summed E-state index contributed by atoms with van der Waals surface area (Å²) < 4.78 is 26.6. The van der Waals surface area contributed by atoms with Gasteiger partial charge in [-0.3, -0.25) is 0 Å². The molecule has 1 aromatic rings. The van der Waals surface area contributed by atoms with Gasteiger partial charge in [0.2, 0.25) is 16.0 Å². The third-order valence-corrected chi connectivity index (χ3v) is 5.87. The van der Waals surface area contributed by atoms with Gasteiger partial charge >= 0.3 is 0 Å². The summed E-state index contributed by atoms with van der Waals surface area (Å²) >= 11 is 0. The van der Waals surface area contributed by atoms with Crippen LogP contribution >= 0.6 is 0 Å². The van der Waals surface area contributed by atoms with Crippen molar-refractivity contribution >= 4 is 21.8 Å². The molecule has 25 heavy (non-hydrogen) atoms. The second-order valence-electron chi connectivity index (χ2n) is 7.00. The number of anilines is 2. The van der Waals surface area contributed by atoms with Crippen LogP contribution in [0.25, 0.3) is 0 Å². The number of hydrogen-bond donors (Lipinski definition) is 3. The predicted octanol–water partition coefficient (Wildman–Crippen LogP) is 0.503. The van der Waals surface area contributed by atoms with Crippen molar-refractivity contribution in [3.8, 4) is 0 Å². The van der Waals surface area contributed by atoms with Gasteiger partial charge in [0, 0.05) is 50.5 Å². The van der Waals surface area contributed by atoms with E-state index in [1.807, 2.05) is 20.0 Å². The third-order valence-electron chi connectivity index (χ3n) is 4.30. The zero-order valence-electron chi connectivity index (χ0n) is 15.0. The molecule has 140 valence electrons. The molecule has 9 heteroatoms. The summed E-state index contributed by atoms with van der Waals surface area (Å²) in [6.07, 6.45) is 4.21. The van der Waals surface area contributed by atoms with Crippen LogP contribution in [0.3, 0.4) is 0 Å². The number of hydrogen-bond acceptors (Lipinski definition) is 7. The predicted molar refractivity (Wildman–Crippen MR) is 99.6 cm³/mol. The minimum atomic E-state index is -3.27. The van der Waals surface area contributed by atoms with Crippen molar-refractivity contribution in [2.45, 2.75) is 38.6 Å². The standard InChI is InChI=1S/C16H28N6O2S/c1-12(2)21-25(23,24)10-7-18-15-14(13-3-4-13)11-19-16(20-15)22-8-5-17-6-9-22/h11-13,17,21H,3-10H2,1-2H3,(H,18,19,20). The zero-order chi connectivity index (χ0) is 17.9. The van der Waals surface area contributed by atoms with Crippen LogP contribution < -0.4 is 20.3 Å². The van der Waals surface area contributed by atoms with E-state index in [4.69, 9.17) is 4.98 Å². The molecule has 0 radical (unpaired) electrons. The summed E-state index contributed by atoms with van der Waals surface area (Å²) in [7, 11) is -3.27. The van der Waals surface area contributed by atoms with Crippen LogP contribution in [0, 0.1) is 0 Å². The lowest BCUT2D eigenvalue weighted by molar-refractivity contribution is 0.570. The van der Waals surface area contributed by atoms with Gasteiger partial charge in [0.05, 0.1) is 5.75 Å². The van der Waals surface area contributed by atoms with Gasteiger partial charge in [-0.15, -0.1) is 0 Å². The molecule has 0 atom stereocenters. The molecular formula is C16H28N6O2S. The van der Waals surface area contributed by atoms with Crippen molar-refractivity contribution in [3.63, 3.8) is 0 Å². The Hall–Kier alpha value is -1.45. The fraction of sp³-hybridized carbons (Fsp3) is 0.750. The Kier molecular flexibility index (Phi) is 5.75. The molecular weight excluding hydrogens is 340 g/mol. The lowest BCUT2D eigenvalue weighted by Gasteiger charge is -2.28. The van der Waals surface area contributed by atoms with E-state index in [1.165, 1.54) is 0 Å². The molecule has 3 rings (SSSR count). The van der Waals surface area contributed by atoms with Gasteiger partial charge in [-0.05, 0) is 32.6 Å². The summed E-state index contributed by atoms with van der Waals surface area (Å²) in [6, 6.07) is -0.0922. The van der Waals surface area contributed by atoms with Crippen molar-refractivity contribution < 1.29 is 8.42 Å². The summed E-state index contributed by atoms with van der Waals surface area (Å²) in [5.41, 5.74) is 1.10. The highest BCUT2D eigenvalue weighted by Gasteiger charge is 2.28. The molecule has 1 saturated heterocycles.